The molecule has 2 heterocycles. The Kier molecular flexibility index (Phi) is 3.78. The molecule has 0 unspecified atom stereocenters. The minimum atomic E-state index is 0.595. The molecule has 0 spiro atoms. The standard InChI is InChI=1S/C24H15N3O/c25-16-17-12-13-26-20(14-17)18-6-5-7-19(15-18)27-21-8-1-3-10-23(21)28-24-11-4-2-9-22(24)27/h1-15H. The van der Waals surface area contributed by atoms with E-state index in [0.717, 1.165) is 39.8 Å². The number of nitriles is 1. The summed E-state index contributed by atoms with van der Waals surface area (Å²) in [6.45, 7) is 0. The highest BCUT2D eigenvalue weighted by molar-refractivity contribution is 5.87. The molecule has 4 heteroatoms. The van der Waals surface area contributed by atoms with Crippen LogP contribution in [0.4, 0.5) is 17.1 Å². The summed E-state index contributed by atoms with van der Waals surface area (Å²) in [5, 5.41) is 9.19. The number of benzene rings is 3. The van der Waals surface area contributed by atoms with Crippen molar-refractivity contribution in [1.29, 1.82) is 5.26 Å². The first-order valence-electron chi connectivity index (χ1n) is 8.96. The molecular formula is C24H15N3O. The van der Waals surface area contributed by atoms with Gasteiger partial charge in [0.15, 0.2) is 11.5 Å². The summed E-state index contributed by atoms with van der Waals surface area (Å²) in [5.74, 6) is 1.63. The first-order chi connectivity index (χ1) is 13.8. The second-order valence-electron chi connectivity index (χ2n) is 6.46. The van der Waals surface area contributed by atoms with Crippen molar-refractivity contribution in [3.05, 3.63) is 96.7 Å². The molecule has 0 N–H and O–H groups in total. The van der Waals surface area contributed by atoms with Crippen LogP contribution in [-0.2, 0) is 0 Å². The average Bonchev–Trinajstić information content (AvgIpc) is 2.77. The van der Waals surface area contributed by atoms with Gasteiger partial charge in [-0.2, -0.15) is 5.26 Å². The number of aromatic nitrogens is 1. The molecule has 1 aliphatic rings. The molecule has 132 valence electrons. The Balaban J connectivity index is 1.67. The topological polar surface area (TPSA) is 49.2 Å². The molecule has 1 aliphatic heterocycles. The second kappa shape index (κ2) is 6.57. The molecule has 0 amide bonds. The van der Waals surface area contributed by atoms with E-state index in [0.29, 0.717) is 5.56 Å². The number of pyridine rings is 1. The van der Waals surface area contributed by atoms with Crippen molar-refractivity contribution in [2.75, 3.05) is 4.90 Å². The Morgan fingerprint density at radius 2 is 1.50 bits per heavy atom. The van der Waals surface area contributed by atoms with Crippen LogP contribution in [0.15, 0.2) is 91.1 Å². The molecule has 4 nitrogen and oxygen atoms in total. The third kappa shape index (κ3) is 2.67. The van der Waals surface area contributed by atoms with E-state index >= 15 is 0 Å². The summed E-state index contributed by atoms with van der Waals surface area (Å²) in [5.41, 5.74) is 5.29. The maximum absolute atomic E-state index is 9.19. The lowest BCUT2D eigenvalue weighted by Gasteiger charge is -2.32. The Morgan fingerprint density at radius 3 is 2.21 bits per heavy atom. The molecule has 1 aromatic heterocycles. The highest BCUT2D eigenvalue weighted by atomic mass is 16.5. The summed E-state index contributed by atoms with van der Waals surface area (Å²) in [7, 11) is 0. The molecule has 0 fully saturated rings. The van der Waals surface area contributed by atoms with E-state index in [1.165, 1.54) is 0 Å². The zero-order valence-electron chi connectivity index (χ0n) is 14.9. The molecule has 0 aliphatic carbocycles. The van der Waals surface area contributed by atoms with Crippen molar-refractivity contribution in [3.8, 4) is 28.8 Å². The number of rotatable bonds is 2. The lowest BCUT2D eigenvalue weighted by atomic mass is 10.1. The smallest absolute Gasteiger partial charge is 0.151 e. The Labute approximate surface area is 162 Å². The van der Waals surface area contributed by atoms with Gasteiger partial charge in [0.1, 0.15) is 0 Å². The van der Waals surface area contributed by atoms with E-state index in [2.05, 4.69) is 28.1 Å². The maximum Gasteiger partial charge on any atom is 0.151 e. The summed E-state index contributed by atoms with van der Waals surface area (Å²) < 4.78 is 6.08. The van der Waals surface area contributed by atoms with Crippen LogP contribution in [0.25, 0.3) is 11.3 Å². The van der Waals surface area contributed by atoms with E-state index in [4.69, 9.17) is 4.74 Å². The van der Waals surface area contributed by atoms with Gasteiger partial charge in [0.25, 0.3) is 0 Å². The number of fused-ring (bicyclic) bond motifs is 2. The van der Waals surface area contributed by atoms with Crippen molar-refractivity contribution < 1.29 is 4.74 Å². The third-order valence-electron chi connectivity index (χ3n) is 4.72. The Bertz CT molecular complexity index is 1180. The monoisotopic (exact) mass is 361 g/mol. The normalized spacial score (nSPS) is 11.8. The van der Waals surface area contributed by atoms with Crippen molar-refractivity contribution >= 4 is 17.1 Å². The molecular weight excluding hydrogens is 346 g/mol. The number of hydrogen-bond acceptors (Lipinski definition) is 4. The highest BCUT2D eigenvalue weighted by Crippen LogP contribution is 2.50. The van der Waals surface area contributed by atoms with Crippen molar-refractivity contribution in [1.82, 2.24) is 4.98 Å². The van der Waals surface area contributed by atoms with E-state index in [-0.39, 0.29) is 0 Å². The fourth-order valence-corrected chi connectivity index (χ4v) is 3.45. The van der Waals surface area contributed by atoms with Crippen LogP contribution in [0, 0.1) is 11.3 Å². The van der Waals surface area contributed by atoms with Crippen LogP contribution in [0.3, 0.4) is 0 Å². The molecule has 0 radical (unpaired) electrons. The molecule has 4 aromatic rings. The quantitative estimate of drug-likeness (QED) is 0.376. The predicted molar refractivity (Wildman–Crippen MR) is 109 cm³/mol. The minimum Gasteiger partial charge on any atom is -0.453 e. The lowest BCUT2D eigenvalue weighted by Crippen LogP contribution is -2.15. The molecule has 5 rings (SSSR count). The van der Waals surface area contributed by atoms with Crippen molar-refractivity contribution in [3.63, 3.8) is 0 Å². The van der Waals surface area contributed by atoms with Gasteiger partial charge in [-0.25, -0.2) is 0 Å². The van der Waals surface area contributed by atoms with Crippen LogP contribution in [0.5, 0.6) is 11.5 Å². The number of ether oxygens (including phenoxy) is 1. The summed E-state index contributed by atoms with van der Waals surface area (Å²) >= 11 is 0. The maximum atomic E-state index is 9.19. The molecule has 0 saturated carbocycles. The number of nitrogens with zero attached hydrogens (tertiary/aromatic N) is 3. The van der Waals surface area contributed by atoms with E-state index < -0.39 is 0 Å². The SMILES string of the molecule is N#Cc1ccnc(-c2cccc(N3c4ccccc4Oc4ccccc43)c2)c1. The summed E-state index contributed by atoms with van der Waals surface area (Å²) in [4.78, 5) is 6.62. The average molecular weight is 361 g/mol. The van der Waals surface area contributed by atoms with Crippen molar-refractivity contribution in [2.24, 2.45) is 0 Å². The zero-order chi connectivity index (χ0) is 18.9. The van der Waals surface area contributed by atoms with Gasteiger partial charge in [-0.05, 0) is 48.5 Å². The first-order valence-corrected chi connectivity index (χ1v) is 8.96. The third-order valence-corrected chi connectivity index (χ3v) is 4.72. The highest BCUT2D eigenvalue weighted by Gasteiger charge is 2.25. The second-order valence-corrected chi connectivity index (χ2v) is 6.46. The van der Waals surface area contributed by atoms with E-state index in [1.807, 2.05) is 60.7 Å². The van der Waals surface area contributed by atoms with Crippen LogP contribution >= 0.6 is 0 Å². The van der Waals surface area contributed by atoms with Crippen molar-refractivity contribution in [2.45, 2.75) is 0 Å². The number of para-hydroxylation sites is 4. The van der Waals surface area contributed by atoms with Crippen LogP contribution in [-0.4, -0.2) is 4.98 Å². The van der Waals surface area contributed by atoms with Gasteiger partial charge in [-0.1, -0.05) is 36.4 Å². The van der Waals surface area contributed by atoms with E-state index in [1.54, 1.807) is 18.3 Å². The number of hydrogen-bond donors (Lipinski definition) is 0. The van der Waals surface area contributed by atoms with Gasteiger partial charge in [0.05, 0.1) is 28.7 Å². The predicted octanol–water partition coefficient (Wildman–Crippen LogP) is 6.20. The Hall–Kier alpha value is -4.10. The first kappa shape index (κ1) is 16.1. The van der Waals surface area contributed by atoms with Crippen LogP contribution in [0.2, 0.25) is 0 Å². The molecule has 3 aromatic carbocycles. The van der Waals surface area contributed by atoms with Gasteiger partial charge in [0, 0.05) is 17.4 Å². The van der Waals surface area contributed by atoms with Crippen LogP contribution in [0.1, 0.15) is 5.56 Å². The molecule has 0 bridgehead atoms. The van der Waals surface area contributed by atoms with Gasteiger partial charge in [-0.3, -0.25) is 4.98 Å². The van der Waals surface area contributed by atoms with Crippen LogP contribution < -0.4 is 9.64 Å². The fraction of sp³-hybridized carbons (Fsp3) is 0. The largest absolute Gasteiger partial charge is 0.453 e. The zero-order valence-corrected chi connectivity index (χ0v) is 14.9. The minimum absolute atomic E-state index is 0.595. The van der Waals surface area contributed by atoms with Gasteiger partial charge in [0.2, 0.25) is 0 Å². The molecule has 28 heavy (non-hydrogen) atoms. The fourth-order valence-electron chi connectivity index (χ4n) is 3.45. The van der Waals surface area contributed by atoms with Gasteiger partial charge >= 0.3 is 0 Å². The Morgan fingerprint density at radius 1 is 0.786 bits per heavy atom. The lowest BCUT2D eigenvalue weighted by molar-refractivity contribution is 0.477. The molecule has 0 atom stereocenters. The van der Waals surface area contributed by atoms with E-state index in [9.17, 15) is 5.26 Å². The summed E-state index contributed by atoms with van der Waals surface area (Å²) in [6, 6.07) is 29.8. The van der Waals surface area contributed by atoms with Gasteiger partial charge in [-0.15, -0.1) is 0 Å². The molecule has 0 saturated heterocycles. The van der Waals surface area contributed by atoms with Gasteiger partial charge < -0.3 is 9.64 Å². The summed E-state index contributed by atoms with van der Waals surface area (Å²) in [6.07, 6.45) is 1.67. The number of anilines is 3.